The lowest BCUT2D eigenvalue weighted by molar-refractivity contribution is 0.117. The fraction of sp³-hybridized carbons (Fsp3) is 0.500. The summed E-state index contributed by atoms with van der Waals surface area (Å²) in [5.41, 5.74) is 6.27. The van der Waals surface area contributed by atoms with Crippen molar-refractivity contribution in [1.82, 2.24) is 4.90 Å². The van der Waals surface area contributed by atoms with Crippen LogP contribution in [-0.2, 0) is 6.54 Å². The van der Waals surface area contributed by atoms with Gasteiger partial charge in [-0.2, -0.15) is 0 Å². The van der Waals surface area contributed by atoms with Crippen LogP contribution in [0.4, 0.5) is 4.39 Å². The Hall–Kier alpha value is -0.680. The molecule has 1 unspecified atom stereocenters. The second kappa shape index (κ2) is 6.91. The fourth-order valence-electron chi connectivity index (χ4n) is 1.66. The van der Waals surface area contributed by atoms with Crippen LogP contribution in [0.5, 0.6) is 0 Å². The smallest absolute Gasteiger partial charge is 0.141 e. The summed E-state index contributed by atoms with van der Waals surface area (Å²) in [4.78, 5) is 1.95. The summed E-state index contributed by atoms with van der Waals surface area (Å²) >= 11 is 5.69. The Bertz CT molecular complexity index is 362. The molecule has 1 atom stereocenters. The van der Waals surface area contributed by atoms with Gasteiger partial charge in [-0.1, -0.05) is 17.7 Å². The zero-order valence-electron chi connectivity index (χ0n) is 9.87. The van der Waals surface area contributed by atoms with E-state index < -0.39 is 11.9 Å². The lowest BCUT2D eigenvalue weighted by atomic mass is 10.2. The number of likely N-dealkylation sites (N-methyl/N-ethyl adjacent to an activating group) is 1. The van der Waals surface area contributed by atoms with Crippen molar-refractivity contribution < 1.29 is 9.50 Å². The fourth-order valence-corrected chi connectivity index (χ4v) is 1.86. The van der Waals surface area contributed by atoms with Crippen molar-refractivity contribution in [3.05, 3.63) is 34.6 Å². The Balaban J connectivity index is 2.50. The average molecular weight is 261 g/mol. The van der Waals surface area contributed by atoms with Crippen molar-refractivity contribution in [2.24, 2.45) is 5.73 Å². The van der Waals surface area contributed by atoms with Crippen molar-refractivity contribution in [2.45, 2.75) is 19.1 Å². The normalized spacial score (nSPS) is 13.1. The minimum atomic E-state index is -0.430. The molecule has 17 heavy (non-hydrogen) atoms. The van der Waals surface area contributed by atoms with Gasteiger partial charge in [0.25, 0.3) is 0 Å². The number of hydrogen-bond donors (Lipinski definition) is 2. The molecule has 0 heterocycles. The van der Waals surface area contributed by atoms with Crippen LogP contribution in [0.1, 0.15) is 12.0 Å². The van der Waals surface area contributed by atoms with Crippen molar-refractivity contribution in [3.63, 3.8) is 0 Å². The molecular weight excluding hydrogens is 243 g/mol. The molecule has 0 fully saturated rings. The molecule has 0 radical (unpaired) electrons. The second-order valence-electron chi connectivity index (χ2n) is 4.18. The van der Waals surface area contributed by atoms with E-state index in [1.807, 2.05) is 11.9 Å². The minimum Gasteiger partial charge on any atom is -0.392 e. The molecule has 3 nitrogen and oxygen atoms in total. The maximum atomic E-state index is 12.9. The van der Waals surface area contributed by atoms with Crippen molar-refractivity contribution in [3.8, 4) is 0 Å². The first-order valence-corrected chi connectivity index (χ1v) is 5.91. The summed E-state index contributed by atoms with van der Waals surface area (Å²) in [5.74, 6) is -0.416. The van der Waals surface area contributed by atoms with Crippen LogP contribution in [0.3, 0.4) is 0 Å². The summed E-state index contributed by atoms with van der Waals surface area (Å²) in [6, 6.07) is 4.64. The van der Waals surface area contributed by atoms with Crippen LogP contribution in [0.15, 0.2) is 18.2 Å². The number of aliphatic hydroxyl groups excluding tert-OH is 1. The molecule has 0 aliphatic rings. The molecule has 96 valence electrons. The molecule has 1 aromatic carbocycles. The molecule has 0 amide bonds. The highest BCUT2D eigenvalue weighted by Crippen LogP contribution is 2.17. The van der Waals surface area contributed by atoms with Gasteiger partial charge in [-0.15, -0.1) is 0 Å². The SMILES string of the molecule is CN(Cc1ccc(F)c(Cl)c1)CC(O)CCN. The molecule has 0 saturated carbocycles. The predicted octanol–water partition coefficient (Wildman–Crippen LogP) is 1.62. The molecule has 1 rings (SSSR count). The lowest BCUT2D eigenvalue weighted by Crippen LogP contribution is -2.30. The van der Waals surface area contributed by atoms with Gasteiger partial charge in [0.15, 0.2) is 0 Å². The number of nitrogens with zero attached hydrogens (tertiary/aromatic N) is 1. The molecule has 0 aliphatic heterocycles. The van der Waals surface area contributed by atoms with Crippen LogP contribution in [0, 0.1) is 5.82 Å². The summed E-state index contributed by atoms with van der Waals surface area (Å²) in [6.45, 7) is 1.62. The molecule has 0 aromatic heterocycles. The van der Waals surface area contributed by atoms with Gasteiger partial charge in [0.1, 0.15) is 5.82 Å². The molecular formula is C12H18ClFN2O. The van der Waals surface area contributed by atoms with Crippen molar-refractivity contribution >= 4 is 11.6 Å². The molecule has 0 saturated heterocycles. The van der Waals surface area contributed by atoms with Gasteiger partial charge in [-0.3, -0.25) is 4.90 Å². The van der Waals surface area contributed by atoms with Crippen LogP contribution in [0.25, 0.3) is 0 Å². The van der Waals surface area contributed by atoms with E-state index in [4.69, 9.17) is 17.3 Å². The first-order chi connectivity index (χ1) is 8.02. The van der Waals surface area contributed by atoms with Crippen LogP contribution < -0.4 is 5.73 Å². The molecule has 5 heteroatoms. The molecule has 1 aromatic rings. The maximum Gasteiger partial charge on any atom is 0.141 e. The quantitative estimate of drug-likeness (QED) is 0.817. The highest BCUT2D eigenvalue weighted by molar-refractivity contribution is 6.30. The third-order valence-electron chi connectivity index (χ3n) is 2.46. The van der Waals surface area contributed by atoms with Gasteiger partial charge in [-0.25, -0.2) is 4.39 Å². The van der Waals surface area contributed by atoms with Gasteiger partial charge in [-0.05, 0) is 37.7 Å². The van der Waals surface area contributed by atoms with Crippen molar-refractivity contribution in [1.29, 1.82) is 0 Å². The maximum absolute atomic E-state index is 12.9. The number of benzene rings is 1. The number of nitrogens with two attached hydrogens (primary N) is 1. The van der Waals surface area contributed by atoms with Gasteiger partial charge in [0, 0.05) is 13.1 Å². The van der Waals surface area contributed by atoms with E-state index in [1.165, 1.54) is 6.07 Å². The second-order valence-corrected chi connectivity index (χ2v) is 4.58. The van der Waals surface area contributed by atoms with E-state index >= 15 is 0 Å². The molecule has 0 bridgehead atoms. The number of aliphatic hydroxyl groups is 1. The van der Waals surface area contributed by atoms with Crippen LogP contribution in [-0.4, -0.2) is 36.2 Å². The highest BCUT2D eigenvalue weighted by atomic mass is 35.5. The van der Waals surface area contributed by atoms with Gasteiger partial charge >= 0.3 is 0 Å². The van der Waals surface area contributed by atoms with Gasteiger partial charge in [0.2, 0.25) is 0 Å². The summed E-state index contributed by atoms with van der Waals surface area (Å²) < 4.78 is 12.9. The summed E-state index contributed by atoms with van der Waals surface area (Å²) in [6.07, 6.45) is 0.148. The third-order valence-corrected chi connectivity index (χ3v) is 2.75. The summed E-state index contributed by atoms with van der Waals surface area (Å²) in [7, 11) is 1.89. The van der Waals surface area contributed by atoms with E-state index in [2.05, 4.69) is 0 Å². The molecule has 0 aliphatic carbocycles. The Morgan fingerprint density at radius 2 is 2.24 bits per heavy atom. The Morgan fingerprint density at radius 3 is 2.82 bits per heavy atom. The Kier molecular flexibility index (Phi) is 5.85. The van der Waals surface area contributed by atoms with Crippen molar-refractivity contribution in [2.75, 3.05) is 20.1 Å². The number of hydrogen-bond acceptors (Lipinski definition) is 3. The van der Waals surface area contributed by atoms with E-state index in [-0.39, 0.29) is 5.02 Å². The van der Waals surface area contributed by atoms with E-state index in [1.54, 1.807) is 12.1 Å². The van der Waals surface area contributed by atoms with E-state index in [9.17, 15) is 9.50 Å². The minimum absolute atomic E-state index is 0.124. The zero-order valence-corrected chi connectivity index (χ0v) is 10.6. The number of rotatable bonds is 6. The third kappa shape index (κ3) is 5.00. The van der Waals surface area contributed by atoms with Gasteiger partial charge < -0.3 is 10.8 Å². The molecule has 0 spiro atoms. The zero-order chi connectivity index (χ0) is 12.8. The lowest BCUT2D eigenvalue weighted by Gasteiger charge is -2.20. The number of halogens is 2. The Morgan fingerprint density at radius 1 is 1.53 bits per heavy atom. The van der Waals surface area contributed by atoms with Gasteiger partial charge in [0.05, 0.1) is 11.1 Å². The first-order valence-electron chi connectivity index (χ1n) is 5.53. The largest absolute Gasteiger partial charge is 0.392 e. The average Bonchev–Trinajstić information content (AvgIpc) is 2.23. The highest BCUT2D eigenvalue weighted by Gasteiger charge is 2.08. The molecule has 3 N–H and O–H groups in total. The monoisotopic (exact) mass is 260 g/mol. The predicted molar refractivity (Wildman–Crippen MR) is 67.4 cm³/mol. The Labute approximate surface area is 106 Å². The summed E-state index contributed by atoms with van der Waals surface area (Å²) in [5, 5.41) is 9.71. The topological polar surface area (TPSA) is 49.5 Å². The first kappa shape index (κ1) is 14.4. The van der Waals surface area contributed by atoms with Crippen LogP contribution in [0.2, 0.25) is 5.02 Å². The van der Waals surface area contributed by atoms with Crippen LogP contribution >= 0.6 is 11.6 Å². The standard InChI is InChI=1S/C12H18ClFN2O/c1-16(8-10(17)4-5-15)7-9-2-3-12(14)11(13)6-9/h2-3,6,10,17H,4-5,7-8,15H2,1H3. The van der Waals surface area contributed by atoms with E-state index in [0.29, 0.717) is 26.1 Å². The van der Waals surface area contributed by atoms with E-state index in [0.717, 1.165) is 5.56 Å².